The Morgan fingerprint density at radius 3 is 2.15 bits per heavy atom. The van der Waals surface area contributed by atoms with Gasteiger partial charge in [-0.15, -0.1) is 0 Å². The molecule has 3 aliphatic rings. The summed E-state index contributed by atoms with van der Waals surface area (Å²) in [6.07, 6.45) is 2.37. The molecule has 1 unspecified atom stereocenters. The molecule has 0 heterocycles. The number of nitrogens with zero attached hydrogens (tertiary/aromatic N) is 1. The van der Waals surface area contributed by atoms with E-state index in [1.54, 1.807) is 7.05 Å². The van der Waals surface area contributed by atoms with Crippen molar-refractivity contribution in [3.8, 4) is 11.1 Å². The highest BCUT2D eigenvalue weighted by molar-refractivity contribution is 5.90. The molecule has 2 fully saturated rings. The van der Waals surface area contributed by atoms with Gasteiger partial charge < -0.3 is 20.1 Å². The quantitative estimate of drug-likeness (QED) is 0.641. The molecule has 2 N–H and O–H groups in total. The molecule has 7 nitrogen and oxygen atoms in total. The van der Waals surface area contributed by atoms with Gasteiger partial charge in [-0.3, -0.25) is 4.79 Å². The van der Waals surface area contributed by atoms with Crippen LogP contribution in [-0.2, 0) is 14.3 Å². The second-order valence-electron chi connectivity index (χ2n) is 9.41. The predicted molar refractivity (Wildman–Crippen MR) is 122 cm³/mol. The highest BCUT2D eigenvalue weighted by Crippen LogP contribution is 2.45. The lowest BCUT2D eigenvalue weighted by Gasteiger charge is -2.27. The molecule has 2 saturated carbocycles. The molecular formula is C26H28N2O5. The third-order valence-electron chi connectivity index (χ3n) is 7.37. The molecule has 172 valence electrons. The Hall–Kier alpha value is -3.35. The maximum Gasteiger partial charge on any atom is 0.407 e. The van der Waals surface area contributed by atoms with Gasteiger partial charge >= 0.3 is 12.1 Å². The van der Waals surface area contributed by atoms with Gasteiger partial charge in [0.15, 0.2) is 0 Å². The van der Waals surface area contributed by atoms with Crippen LogP contribution in [0.1, 0.15) is 49.1 Å². The minimum atomic E-state index is -1.07. The van der Waals surface area contributed by atoms with Crippen molar-refractivity contribution in [2.24, 2.45) is 5.92 Å². The van der Waals surface area contributed by atoms with E-state index in [1.165, 1.54) is 16.0 Å². The Kier molecular flexibility index (Phi) is 5.35. The molecule has 0 bridgehead atoms. The summed E-state index contributed by atoms with van der Waals surface area (Å²) in [6.45, 7) is 0.215. The molecular weight excluding hydrogens is 420 g/mol. The minimum Gasteiger partial charge on any atom is -0.479 e. The number of fused-ring (bicyclic) bond motifs is 3. The van der Waals surface area contributed by atoms with Crippen molar-refractivity contribution in [1.29, 1.82) is 0 Å². The Balaban J connectivity index is 1.21. The van der Waals surface area contributed by atoms with Crippen LogP contribution in [0.3, 0.4) is 0 Å². The smallest absolute Gasteiger partial charge is 0.407 e. The van der Waals surface area contributed by atoms with Crippen LogP contribution in [0.4, 0.5) is 4.79 Å². The number of hydrogen-bond donors (Lipinski definition) is 2. The third-order valence-corrected chi connectivity index (χ3v) is 7.37. The lowest BCUT2D eigenvalue weighted by Crippen LogP contribution is -2.48. The summed E-state index contributed by atoms with van der Waals surface area (Å²) in [4.78, 5) is 38.3. The van der Waals surface area contributed by atoms with E-state index in [9.17, 15) is 19.5 Å². The van der Waals surface area contributed by atoms with E-state index in [4.69, 9.17) is 4.74 Å². The number of ether oxygens (including phenoxy) is 1. The molecule has 2 amide bonds. The fraction of sp³-hybridized carbons (Fsp3) is 0.423. The first-order chi connectivity index (χ1) is 15.9. The van der Waals surface area contributed by atoms with E-state index < -0.39 is 17.6 Å². The van der Waals surface area contributed by atoms with Crippen molar-refractivity contribution in [3.63, 3.8) is 0 Å². The average Bonchev–Trinajstić information content (AvgIpc) is 3.73. The molecule has 0 aliphatic heterocycles. The first kappa shape index (κ1) is 21.5. The highest BCUT2D eigenvalue weighted by atomic mass is 16.5. The lowest BCUT2D eigenvalue weighted by molar-refractivity contribution is -0.151. The van der Waals surface area contributed by atoms with Gasteiger partial charge in [0.1, 0.15) is 12.1 Å². The molecule has 33 heavy (non-hydrogen) atoms. The fourth-order valence-corrected chi connectivity index (χ4v) is 5.00. The molecule has 3 aliphatic carbocycles. The first-order valence-electron chi connectivity index (χ1n) is 11.5. The average molecular weight is 449 g/mol. The number of hydrogen-bond acceptors (Lipinski definition) is 4. The van der Waals surface area contributed by atoms with Crippen LogP contribution >= 0.6 is 0 Å². The number of rotatable bonds is 8. The van der Waals surface area contributed by atoms with Crippen LogP contribution in [0.25, 0.3) is 11.1 Å². The van der Waals surface area contributed by atoms with Crippen molar-refractivity contribution in [2.45, 2.75) is 49.6 Å². The topological polar surface area (TPSA) is 95.9 Å². The van der Waals surface area contributed by atoms with E-state index in [2.05, 4.69) is 29.6 Å². The molecule has 2 aromatic rings. The number of carboxylic acid groups (broad SMARTS) is 1. The maximum absolute atomic E-state index is 12.8. The van der Waals surface area contributed by atoms with Crippen molar-refractivity contribution in [1.82, 2.24) is 10.2 Å². The zero-order valence-electron chi connectivity index (χ0n) is 18.6. The molecule has 5 rings (SSSR count). The number of benzene rings is 2. The van der Waals surface area contributed by atoms with Gasteiger partial charge in [0.05, 0.1) is 0 Å². The van der Waals surface area contributed by atoms with Crippen molar-refractivity contribution < 1.29 is 24.2 Å². The summed E-state index contributed by atoms with van der Waals surface area (Å²) in [6, 6.07) is 16.0. The van der Waals surface area contributed by atoms with Crippen LogP contribution < -0.4 is 5.32 Å². The third kappa shape index (κ3) is 3.96. The normalized spacial score (nSPS) is 18.6. The van der Waals surface area contributed by atoms with Crippen LogP contribution in [0.2, 0.25) is 0 Å². The number of alkyl carbamates (subject to hydrolysis) is 1. The second-order valence-corrected chi connectivity index (χ2v) is 9.41. The standard InChI is InChI=1S/C26H28N2O5/c1-28(26(12-13-26)24(30)31)23(29)14-22(16-10-11-16)27-25(32)33-15-21-19-8-4-2-6-17(19)18-7-3-5-9-20(18)21/h2-9,16,21-22H,10-15H2,1H3,(H,27,32)(H,30,31). The lowest BCUT2D eigenvalue weighted by atomic mass is 9.98. The van der Waals surface area contributed by atoms with Gasteiger partial charge in [-0.25, -0.2) is 9.59 Å². The van der Waals surface area contributed by atoms with Gasteiger partial charge in [0.2, 0.25) is 5.91 Å². The van der Waals surface area contributed by atoms with E-state index in [-0.39, 0.29) is 36.8 Å². The zero-order chi connectivity index (χ0) is 23.2. The van der Waals surface area contributed by atoms with E-state index in [0.717, 1.165) is 24.0 Å². The Morgan fingerprint density at radius 1 is 1.06 bits per heavy atom. The van der Waals surface area contributed by atoms with Gasteiger partial charge in [-0.1, -0.05) is 48.5 Å². The number of carbonyl (C=O) groups excluding carboxylic acids is 2. The first-order valence-corrected chi connectivity index (χ1v) is 11.5. The Morgan fingerprint density at radius 2 is 1.64 bits per heavy atom. The van der Waals surface area contributed by atoms with E-state index >= 15 is 0 Å². The monoisotopic (exact) mass is 448 g/mol. The molecule has 0 aromatic heterocycles. The molecule has 1 atom stereocenters. The van der Waals surface area contributed by atoms with Gasteiger partial charge in [0.25, 0.3) is 0 Å². The van der Waals surface area contributed by atoms with E-state index in [0.29, 0.717) is 12.8 Å². The van der Waals surface area contributed by atoms with Crippen molar-refractivity contribution in [2.75, 3.05) is 13.7 Å². The Bertz CT molecular complexity index is 1060. The zero-order valence-corrected chi connectivity index (χ0v) is 18.6. The number of nitrogens with one attached hydrogen (secondary N) is 1. The van der Waals surface area contributed by atoms with Gasteiger partial charge in [0, 0.05) is 25.4 Å². The summed E-state index contributed by atoms with van der Waals surface area (Å²) >= 11 is 0. The number of aliphatic carboxylic acids is 1. The van der Waals surface area contributed by atoms with Crippen LogP contribution in [-0.4, -0.2) is 53.2 Å². The predicted octanol–water partition coefficient (Wildman–Crippen LogP) is 3.77. The van der Waals surface area contributed by atoms with Crippen LogP contribution in [0.15, 0.2) is 48.5 Å². The molecule has 7 heteroatoms. The second kappa shape index (κ2) is 8.21. The minimum absolute atomic E-state index is 0.0272. The van der Waals surface area contributed by atoms with Crippen molar-refractivity contribution in [3.05, 3.63) is 59.7 Å². The summed E-state index contributed by atoms with van der Waals surface area (Å²) in [5, 5.41) is 12.3. The van der Waals surface area contributed by atoms with Crippen LogP contribution in [0.5, 0.6) is 0 Å². The van der Waals surface area contributed by atoms with Crippen LogP contribution in [0, 0.1) is 5.92 Å². The fourth-order valence-electron chi connectivity index (χ4n) is 5.00. The number of amides is 2. The van der Waals surface area contributed by atoms with E-state index in [1.807, 2.05) is 24.3 Å². The number of likely N-dealkylation sites (N-methyl/N-ethyl adjacent to an activating group) is 1. The summed E-state index contributed by atoms with van der Waals surface area (Å²) < 4.78 is 5.64. The van der Waals surface area contributed by atoms with Gasteiger partial charge in [-0.05, 0) is 53.9 Å². The SMILES string of the molecule is CN(C(=O)CC(NC(=O)OCC1c2ccccc2-c2ccccc21)C1CC1)C1(C(=O)O)CC1. The highest BCUT2D eigenvalue weighted by Gasteiger charge is 2.55. The number of carbonyl (C=O) groups is 3. The summed E-state index contributed by atoms with van der Waals surface area (Å²) in [5.41, 5.74) is 3.54. The number of carboxylic acids is 1. The molecule has 0 radical (unpaired) electrons. The van der Waals surface area contributed by atoms with Gasteiger partial charge in [-0.2, -0.15) is 0 Å². The molecule has 0 saturated heterocycles. The molecule has 2 aromatic carbocycles. The summed E-state index contributed by atoms with van der Waals surface area (Å²) in [5.74, 6) is -1.03. The summed E-state index contributed by atoms with van der Waals surface area (Å²) in [7, 11) is 1.54. The maximum atomic E-state index is 12.8. The Labute approximate surface area is 192 Å². The largest absolute Gasteiger partial charge is 0.479 e. The molecule has 0 spiro atoms. The van der Waals surface area contributed by atoms with Crippen molar-refractivity contribution >= 4 is 18.0 Å².